The van der Waals surface area contributed by atoms with E-state index in [0.29, 0.717) is 18.3 Å². The van der Waals surface area contributed by atoms with Crippen molar-refractivity contribution < 1.29 is 4.74 Å². The van der Waals surface area contributed by atoms with Crippen molar-refractivity contribution >= 4 is 50.0 Å². The molecule has 0 aromatic carbocycles. The maximum absolute atomic E-state index is 6.00. The Morgan fingerprint density at radius 2 is 2.25 bits per heavy atom. The molecule has 4 nitrogen and oxygen atoms in total. The van der Waals surface area contributed by atoms with Gasteiger partial charge in [-0.15, -0.1) is 22.9 Å². The van der Waals surface area contributed by atoms with Gasteiger partial charge in [0.15, 0.2) is 5.65 Å². The molecule has 0 radical (unpaired) electrons. The lowest BCUT2D eigenvalue weighted by Gasteiger charge is -2.06. The molecule has 0 amide bonds. The van der Waals surface area contributed by atoms with E-state index in [1.807, 2.05) is 10.6 Å². The number of thiophene rings is 1. The van der Waals surface area contributed by atoms with Gasteiger partial charge in [-0.1, -0.05) is 0 Å². The molecule has 0 N–H and O–H groups in total. The highest BCUT2D eigenvalue weighted by atomic mass is 79.9. The number of hydrogen-bond donors (Lipinski definition) is 0. The second-order valence-electron chi connectivity index (χ2n) is 4.18. The summed E-state index contributed by atoms with van der Waals surface area (Å²) in [5.74, 6) is 1.74. The van der Waals surface area contributed by atoms with E-state index >= 15 is 0 Å². The molecule has 3 aromatic heterocycles. The summed E-state index contributed by atoms with van der Waals surface area (Å²) in [6.45, 7) is 0.703. The molecule has 3 heterocycles. The van der Waals surface area contributed by atoms with Crippen LogP contribution in [0.3, 0.4) is 0 Å². The van der Waals surface area contributed by atoms with Crippen molar-refractivity contribution in [1.29, 1.82) is 0 Å². The first-order chi connectivity index (χ1) is 9.71. The van der Waals surface area contributed by atoms with Crippen molar-refractivity contribution in [3.63, 3.8) is 0 Å². The van der Waals surface area contributed by atoms with E-state index in [-0.39, 0.29) is 0 Å². The lowest BCUT2D eigenvalue weighted by Crippen LogP contribution is -2.03. The first-order valence-corrected chi connectivity index (χ1v) is 8.11. The molecule has 104 valence electrons. The van der Waals surface area contributed by atoms with Gasteiger partial charge in [0, 0.05) is 20.8 Å². The Bertz CT molecular complexity index is 755. The van der Waals surface area contributed by atoms with Crippen molar-refractivity contribution in [1.82, 2.24) is 14.5 Å². The molecule has 0 aliphatic heterocycles. The van der Waals surface area contributed by atoms with Gasteiger partial charge >= 0.3 is 0 Å². The maximum atomic E-state index is 6.00. The smallest absolute Gasteiger partial charge is 0.215 e. The van der Waals surface area contributed by atoms with Crippen LogP contribution < -0.4 is 4.74 Å². The topological polar surface area (TPSA) is 39.9 Å². The van der Waals surface area contributed by atoms with Crippen LogP contribution in [0.5, 0.6) is 5.88 Å². The quantitative estimate of drug-likeness (QED) is 0.649. The summed E-state index contributed by atoms with van der Waals surface area (Å²) < 4.78 is 8.30. The van der Waals surface area contributed by atoms with Gasteiger partial charge in [0.05, 0.1) is 19.5 Å². The molecule has 0 atom stereocenters. The maximum Gasteiger partial charge on any atom is 0.215 e. The SMILES string of the molecule is COc1ccc2nc(CCl)n(Cc3cc(Br)cs3)c2n1. The van der Waals surface area contributed by atoms with Gasteiger partial charge in [0.2, 0.25) is 5.88 Å². The third kappa shape index (κ3) is 2.55. The van der Waals surface area contributed by atoms with Crippen LogP contribution in [0.25, 0.3) is 11.2 Å². The normalized spacial score (nSPS) is 11.2. The number of ether oxygens (including phenoxy) is 1. The summed E-state index contributed by atoms with van der Waals surface area (Å²) in [4.78, 5) is 10.2. The highest BCUT2D eigenvalue weighted by Gasteiger charge is 2.13. The van der Waals surface area contributed by atoms with E-state index < -0.39 is 0 Å². The summed E-state index contributed by atoms with van der Waals surface area (Å²) in [5, 5.41) is 2.06. The van der Waals surface area contributed by atoms with Crippen LogP contribution in [-0.2, 0) is 12.4 Å². The zero-order valence-corrected chi connectivity index (χ0v) is 13.8. The Morgan fingerprint density at radius 1 is 1.40 bits per heavy atom. The third-order valence-electron chi connectivity index (χ3n) is 2.91. The van der Waals surface area contributed by atoms with Gasteiger partial charge in [-0.25, -0.2) is 4.98 Å². The number of aromatic nitrogens is 3. The molecule has 0 unspecified atom stereocenters. The fourth-order valence-corrected chi connectivity index (χ4v) is 3.65. The number of alkyl halides is 1. The standard InChI is InChI=1S/C13H11BrClN3OS/c1-19-12-3-2-10-13(17-12)18(11(5-15)16-10)6-9-4-8(14)7-20-9/h2-4,7H,5-6H2,1H3. The summed E-state index contributed by atoms with van der Waals surface area (Å²) in [7, 11) is 1.60. The number of pyridine rings is 1. The molecule has 3 rings (SSSR count). The van der Waals surface area contributed by atoms with Crippen molar-refractivity contribution in [3.8, 4) is 5.88 Å². The fourth-order valence-electron chi connectivity index (χ4n) is 2.01. The number of methoxy groups -OCH3 is 1. The zero-order chi connectivity index (χ0) is 14.1. The predicted octanol–water partition coefficient (Wildman–Crippen LogP) is 4.05. The number of rotatable bonds is 4. The van der Waals surface area contributed by atoms with E-state index in [1.165, 1.54) is 4.88 Å². The van der Waals surface area contributed by atoms with E-state index in [9.17, 15) is 0 Å². The van der Waals surface area contributed by atoms with Crippen molar-refractivity contribution in [2.24, 2.45) is 0 Å². The molecule has 0 fully saturated rings. The van der Waals surface area contributed by atoms with Crippen LogP contribution in [0.2, 0.25) is 0 Å². The molecule has 0 aliphatic rings. The lowest BCUT2D eigenvalue weighted by molar-refractivity contribution is 0.399. The Kier molecular flexibility index (Phi) is 3.96. The van der Waals surface area contributed by atoms with Crippen molar-refractivity contribution in [3.05, 3.63) is 38.8 Å². The van der Waals surface area contributed by atoms with Gasteiger partial charge in [-0.3, -0.25) is 0 Å². The van der Waals surface area contributed by atoms with E-state index in [1.54, 1.807) is 24.5 Å². The van der Waals surface area contributed by atoms with Gasteiger partial charge in [-0.2, -0.15) is 4.98 Å². The van der Waals surface area contributed by atoms with Crippen LogP contribution in [-0.4, -0.2) is 21.6 Å². The van der Waals surface area contributed by atoms with Crippen LogP contribution in [0, 0.1) is 0 Å². The Hall–Kier alpha value is -1.11. The number of fused-ring (bicyclic) bond motifs is 1. The average molecular weight is 373 g/mol. The van der Waals surface area contributed by atoms with Gasteiger partial charge in [0.25, 0.3) is 0 Å². The largest absolute Gasteiger partial charge is 0.481 e. The Balaban J connectivity index is 2.10. The molecule has 0 saturated heterocycles. The van der Waals surface area contributed by atoms with Crippen molar-refractivity contribution in [2.75, 3.05) is 7.11 Å². The minimum Gasteiger partial charge on any atom is -0.481 e. The summed E-state index contributed by atoms with van der Waals surface area (Å²) in [5.41, 5.74) is 1.63. The summed E-state index contributed by atoms with van der Waals surface area (Å²) in [6, 6.07) is 5.80. The molecule has 0 bridgehead atoms. The molecule has 3 aromatic rings. The van der Waals surface area contributed by atoms with Gasteiger partial charge < -0.3 is 9.30 Å². The minimum atomic E-state index is 0.352. The first-order valence-electron chi connectivity index (χ1n) is 5.90. The average Bonchev–Trinajstić information content (AvgIpc) is 3.03. The van der Waals surface area contributed by atoms with Crippen LogP contribution in [0.4, 0.5) is 0 Å². The van der Waals surface area contributed by atoms with Crippen LogP contribution >= 0.6 is 38.9 Å². The number of nitrogens with zero attached hydrogens (tertiary/aromatic N) is 3. The third-order valence-corrected chi connectivity index (χ3v) is 4.83. The molecule has 0 spiro atoms. The predicted molar refractivity (Wildman–Crippen MR) is 84.8 cm³/mol. The first kappa shape index (κ1) is 13.9. The molecule has 20 heavy (non-hydrogen) atoms. The van der Waals surface area contributed by atoms with E-state index in [0.717, 1.165) is 21.5 Å². The Labute approximate surface area is 133 Å². The van der Waals surface area contributed by atoms with Crippen LogP contribution in [0.15, 0.2) is 28.1 Å². The van der Waals surface area contributed by atoms with Gasteiger partial charge in [-0.05, 0) is 28.1 Å². The summed E-state index contributed by atoms with van der Waals surface area (Å²) in [6.07, 6.45) is 0. The zero-order valence-electron chi connectivity index (χ0n) is 10.6. The number of halogens is 2. The van der Waals surface area contributed by atoms with E-state index in [4.69, 9.17) is 16.3 Å². The van der Waals surface area contributed by atoms with E-state index in [2.05, 4.69) is 37.3 Å². The van der Waals surface area contributed by atoms with Crippen LogP contribution in [0.1, 0.15) is 10.7 Å². The molecule has 7 heteroatoms. The van der Waals surface area contributed by atoms with Crippen molar-refractivity contribution in [2.45, 2.75) is 12.4 Å². The minimum absolute atomic E-state index is 0.352. The summed E-state index contributed by atoms with van der Waals surface area (Å²) >= 11 is 11.2. The Morgan fingerprint density at radius 3 is 2.90 bits per heavy atom. The number of imidazole rings is 1. The molecular formula is C13H11BrClN3OS. The number of hydrogen-bond acceptors (Lipinski definition) is 4. The molecule has 0 saturated carbocycles. The van der Waals surface area contributed by atoms with Gasteiger partial charge in [0.1, 0.15) is 11.3 Å². The second kappa shape index (κ2) is 5.71. The highest BCUT2D eigenvalue weighted by Crippen LogP contribution is 2.24. The lowest BCUT2D eigenvalue weighted by atomic mass is 10.4. The molecule has 0 aliphatic carbocycles. The fraction of sp³-hybridized carbons (Fsp3) is 0.231. The monoisotopic (exact) mass is 371 g/mol. The molecular weight excluding hydrogens is 362 g/mol. The second-order valence-corrected chi connectivity index (χ2v) is 6.35. The highest BCUT2D eigenvalue weighted by molar-refractivity contribution is 9.10.